The van der Waals surface area contributed by atoms with E-state index < -0.39 is 18.1 Å². The van der Waals surface area contributed by atoms with Gasteiger partial charge >= 0.3 is 0 Å². The van der Waals surface area contributed by atoms with Gasteiger partial charge in [-0.3, -0.25) is 9.59 Å². The molecule has 7 heteroatoms. The van der Waals surface area contributed by atoms with E-state index in [4.69, 9.17) is 9.84 Å². The van der Waals surface area contributed by atoms with Crippen molar-refractivity contribution in [2.24, 2.45) is 5.92 Å². The van der Waals surface area contributed by atoms with Crippen molar-refractivity contribution in [1.82, 2.24) is 15.5 Å². The lowest BCUT2D eigenvalue weighted by molar-refractivity contribution is -0.126. The topological polar surface area (TPSA) is 90.9 Å². The van der Waals surface area contributed by atoms with Crippen LogP contribution in [0, 0.1) is 5.92 Å². The number of amides is 2. The van der Waals surface area contributed by atoms with Crippen LogP contribution in [0.25, 0.3) is 0 Å². The van der Waals surface area contributed by atoms with Crippen LogP contribution in [-0.2, 0) is 20.4 Å². The number of benzene rings is 1. The molecule has 2 heterocycles. The molecule has 4 aliphatic rings. The summed E-state index contributed by atoms with van der Waals surface area (Å²) in [6.07, 6.45) is 10.7. The lowest BCUT2D eigenvalue weighted by atomic mass is 9.78. The molecule has 1 unspecified atom stereocenters. The van der Waals surface area contributed by atoms with Crippen LogP contribution in [0.2, 0.25) is 0 Å². The number of rotatable bonds is 8. The molecule has 0 radical (unpaired) electrons. The van der Waals surface area contributed by atoms with Gasteiger partial charge in [0.2, 0.25) is 11.8 Å². The summed E-state index contributed by atoms with van der Waals surface area (Å²) in [7, 11) is 0. The van der Waals surface area contributed by atoms with Gasteiger partial charge in [-0.1, -0.05) is 40.0 Å². The summed E-state index contributed by atoms with van der Waals surface area (Å²) in [5, 5.41) is 15.0. The molecule has 2 aliphatic heterocycles. The summed E-state index contributed by atoms with van der Waals surface area (Å²) in [4.78, 5) is 28.0. The van der Waals surface area contributed by atoms with E-state index in [1.807, 2.05) is 13.8 Å². The summed E-state index contributed by atoms with van der Waals surface area (Å²) in [6, 6.07) is 4.92. The molecule has 0 bridgehead atoms. The number of aliphatic hydroxyl groups is 1. The lowest BCUT2D eigenvalue weighted by Crippen LogP contribution is -2.52. The van der Waals surface area contributed by atoms with Crippen LogP contribution in [0.4, 0.5) is 0 Å². The molecule has 226 valence electrons. The first-order chi connectivity index (χ1) is 19.3. The fourth-order valence-corrected chi connectivity index (χ4v) is 7.30. The molecule has 0 saturated heterocycles. The van der Waals surface area contributed by atoms with Crippen LogP contribution in [0.15, 0.2) is 23.4 Å². The minimum atomic E-state index is -0.664. The Hall–Kier alpha value is -2.54. The number of aliphatic hydroxyl groups excluding tert-OH is 1. The maximum atomic E-state index is 13.7. The first kappa shape index (κ1) is 29.9. The van der Waals surface area contributed by atoms with E-state index in [1.54, 1.807) is 0 Å². The second kappa shape index (κ2) is 11.3. The standard InChI is InChI=1S/C34H51N3O4/c1-22-25(31(40)35-21-33(5,6)36-29(39)20-38)18-28(37(22)19-23-10-8-7-9-11-23)24-16-26(32(2,3)4)30-27(17-24)34(12-13-34)14-15-41-30/h16-17,23,28,38H,7-15,18-21H2,1-6H3,(H,35,40)(H,36,39). The van der Waals surface area contributed by atoms with Gasteiger partial charge in [-0.15, -0.1) is 0 Å². The summed E-state index contributed by atoms with van der Waals surface area (Å²) >= 11 is 0. The molecule has 7 nitrogen and oxygen atoms in total. The monoisotopic (exact) mass is 565 g/mol. The number of carbonyl (C=O) groups excluding carboxylic acids is 2. The predicted octanol–water partition coefficient (Wildman–Crippen LogP) is 5.40. The van der Waals surface area contributed by atoms with Crippen molar-refractivity contribution in [3.63, 3.8) is 0 Å². The third-order valence-electron chi connectivity index (χ3n) is 9.96. The quantitative estimate of drug-likeness (QED) is 0.393. The SMILES string of the molecule is CC1=C(C(=O)NCC(C)(C)NC(=O)CO)CC(c2cc(C(C)(C)C)c3c(c2)C2(CCO3)CC2)N1CC1CCCCC1. The Morgan fingerprint density at radius 3 is 2.41 bits per heavy atom. The molecule has 41 heavy (non-hydrogen) atoms. The molecule has 0 aromatic heterocycles. The van der Waals surface area contributed by atoms with Gasteiger partial charge in [-0.25, -0.2) is 0 Å². The molecular formula is C34H51N3O4. The molecule has 1 aromatic rings. The smallest absolute Gasteiger partial charge is 0.249 e. The van der Waals surface area contributed by atoms with E-state index in [0.29, 0.717) is 12.3 Å². The van der Waals surface area contributed by atoms with Crippen molar-refractivity contribution in [3.8, 4) is 5.75 Å². The van der Waals surface area contributed by atoms with Crippen LogP contribution in [-0.4, -0.2) is 53.7 Å². The van der Waals surface area contributed by atoms with Gasteiger partial charge in [-0.2, -0.15) is 0 Å². The van der Waals surface area contributed by atoms with Crippen molar-refractivity contribution >= 4 is 11.8 Å². The molecule has 1 aromatic carbocycles. The summed E-state index contributed by atoms with van der Waals surface area (Å²) in [5.74, 6) is 1.24. The minimum absolute atomic E-state index is 0.0480. The normalized spacial score (nSPS) is 22.4. The second-order valence-electron chi connectivity index (χ2n) is 14.8. The van der Waals surface area contributed by atoms with Crippen molar-refractivity contribution in [2.45, 2.75) is 122 Å². The second-order valence-corrected chi connectivity index (χ2v) is 14.8. The highest BCUT2D eigenvalue weighted by Crippen LogP contribution is 2.58. The zero-order valence-corrected chi connectivity index (χ0v) is 26.1. The third kappa shape index (κ3) is 6.30. The Kier molecular flexibility index (Phi) is 8.23. The summed E-state index contributed by atoms with van der Waals surface area (Å²) < 4.78 is 6.37. The van der Waals surface area contributed by atoms with E-state index in [1.165, 1.54) is 61.6 Å². The van der Waals surface area contributed by atoms with E-state index in [-0.39, 0.29) is 29.3 Å². The van der Waals surface area contributed by atoms with Crippen LogP contribution in [0.1, 0.15) is 122 Å². The Morgan fingerprint density at radius 1 is 1.07 bits per heavy atom. The Bertz CT molecular complexity index is 1180. The van der Waals surface area contributed by atoms with Gasteiger partial charge in [0.1, 0.15) is 12.4 Å². The van der Waals surface area contributed by atoms with Crippen molar-refractivity contribution < 1.29 is 19.4 Å². The van der Waals surface area contributed by atoms with Gasteiger partial charge in [0.15, 0.2) is 0 Å². The van der Waals surface area contributed by atoms with Crippen LogP contribution < -0.4 is 15.4 Å². The van der Waals surface area contributed by atoms with Gasteiger partial charge < -0.3 is 25.4 Å². The zero-order valence-electron chi connectivity index (χ0n) is 26.1. The zero-order chi connectivity index (χ0) is 29.6. The summed E-state index contributed by atoms with van der Waals surface area (Å²) in [5.41, 5.74) is 5.44. The van der Waals surface area contributed by atoms with Crippen molar-refractivity contribution in [2.75, 3.05) is 26.3 Å². The number of nitrogens with one attached hydrogen (secondary N) is 2. The van der Waals surface area contributed by atoms with Crippen LogP contribution in [0.3, 0.4) is 0 Å². The molecule has 1 spiro atoms. The molecular weight excluding hydrogens is 514 g/mol. The Labute approximate surface area is 246 Å². The molecule has 1 atom stereocenters. The first-order valence-corrected chi connectivity index (χ1v) is 15.8. The van der Waals surface area contributed by atoms with E-state index >= 15 is 0 Å². The highest BCUT2D eigenvalue weighted by atomic mass is 16.5. The van der Waals surface area contributed by atoms with Crippen molar-refractivity contribution in [3.05, 3.63) is 40.1 Å². The van der Waals surface area contributed by atoms with Crippen LogP contribution in [0.5, 0.6) is 5.75 Å². The predicted molar refractivity (Wildman–Crippen MR) is 162 cm³/mol. The third-order valence-corrected chi connectivity index (χ3v) is 9.96. The number of hydrogen-bond acceptors (Lipinski definition) is 5. The number of ether oxygens (including phenoxy) is 1. The minimum Gasteiger partial charge on any atom is -0.493 e. The maximum Gasteiger partial charge on any atom is 0.249 e. The fraction of sp³-hybridized carbons (Fsp3) is 0.706. The Balaban J connectivity index is 1.46. The highest BCUT2D eigenvalue weighted by Gasteiger charge is 2.49. The molecule has 2 fully saturated rings. The Morgan fingerprint density at radius 2 is 1.78 bits per heavy atom. The molecule has 5 rings (SSSR count). The first-order valence-electron chi connectivity index (χ1n) is 15.8. The van der Waals surface area contributed by atoms with E-state index in [2.05, 4.69) is 55.4 Å². The molecule has 2 aliphatic carbocycles. The maximum absolute atomic E-state index is 13.7. The molecule has 3 N–H and O–H groups in total. The lowest BCUT2D eigenvalue weighted by Gasteiger charge is -2.37. The van der Waals surface area contributed by atoms with E-state index in [0.717, 1.165) is 36.6 Å². The molecule has 2 amide bonds. The number of allylic oxidation sites excluding steroid dienone is 1. The number of hydrogen-bond donors (Lipinski definition) is 3. The average molecular weight is 566 g/mol. The van der Waals surface area contributed by atoms with Crippen LogP contribution >= 0.6 is 0 Å². The van der Waals surface area contributed by atoms with E-state index in [9.17, 15) is 9.59 Å². The highest BCUT2D eigenvalue weighted by molar-refractivity contribution is 5.95. The van der Waals surface area contributed by atoms with Gasteiger partial charge in [0, 0.05) is 47.3 Å². The number of nitrogens with zero attached hydrogens (tertiary/aromatic N) is 1. The molecule has 2 saturated carbocycles. The van der Waals surface area contributed by atoms with Gasteiger partial charge in [0.25, 0.3) is 0 Å². The van der Waals surface area contributed by atoms with Gasteiger partial charge in [-0.05, 0) is 81.9 Å². The number of carbonyl (C=O) groups is 2. The van der Waals surface area contributed by atoms with Gasteiger partial charge in [0.05, 0.1) is 18.2 Å². The average Bonchev–Trinajstić information content (AvgIpc) is 3.63. The number of fused-ring (bicyclic) bond motifs is 2. The fourth-order valence-electron chi connectivity index (χ4n) is 7.30. The summed E-state index contributed by atoms with van der Waals surface area (Å²) in [6.45, 7) is 14.1. The van der Waals surface area contributed by atoms with Crippen molar-refractivity contribution in [1.29, 1.82) is 0 Å². The largest absolute Gasteiger partial charge is 0.493 e.